The summed E-state index contributed by atoms with van der Waals surface area (Å²) in [5.41, 5.74) is 2.54. The average Bonchev–Trinajstić information content (AvgIpc) is 2.77. The summed E-state index contributed by atoms with van der Waals surface area (Å²) in [7, 11) is 1.58. The van der Waals surface area contributed by atoms with Crippen LogP contribution in [0.5, 0.6) is 11.6 Å². The number of aromatic nitrogens is 2. The van der Waals surface area contributed by atoms with Gasteiger partial charge >= 0.3 is 0 Å². The van der Waals surface area contributed by atoms with E-state index >= 15 is 0 Å². The molecule has 0 bridgehead atoms. The second kappa shape index (κ2) is 5.75. The van der Waals surface area contributed by atoms with Crippen molar-refractivity contribution >= 4 is 0 Å². The molecule has 0 aliphatic heterocycles. The Morgan fingerprint density at radius 3 is 2.74 bits per heavy atom. The second-order valence-corrected chi connectivity index (χ2v) is 4.19. The van der Waals surface area contributed by atoms with Crippen LogP contribution in [0, 0.1) is 0 Å². The summed E-state index contributed by atoms with van der Waals surface area (Å²) in [4.78, 5) is 0. The third kappa shape index (κ3) is 2.56. The second-order valence-electron chi connectivity index (χ2n) is 4.19. The number of methoxy groups -OCH3 is 1. The molecule has 2 aromatic rings. The Morgan fingerprint density at radius 2 is 2.16 bits per heavy atom. The molecule has 0 radical (unpaired) electrons. The highest BCUT2D eigenvalue weighted by atomic mass is 16.5. The van der Waals surface area contributed by atoms with E-state index in [0.29, 0.717) is 12.3 Å². The van der Waals surface area contributed by atoms with Gasteiger partial charge in [0.1, 0.15) is 5.75 Å². The molecule has 2 rings (SSSR count). The minimum atomic E-state index is 0.0507. The lowest BCUT2D eigenvalue weighted by Crippen LogP contribution is -2.01. The van der Waals surface area contributed by atoms with Crippen molar-refractivity contribution in [2.45, 2.75) is 19.8 Å². The third-order valence-corrected chi connectivity index (χ3v) is 2.98. The smallest absolute Gasteiger partial charge is 0.220 e. The van der Waals surface area contributed by atoms with Crippen LogP contribution in [0.25, 0.3) is 5.69 Å². The molecule has 0 saturated carbocycles. The Hall–Kier alpha value is -2.01. The van der Waals surface area contributed by atoms with Gasteiger partial charge < -0.3 is 14.9 Å². The number of aromatic hydroxyl groups is 1. The molecule has 0 aliphatic carbocycles. The van der Waals surface area contributed by atoms with Crippen LogP contribution < -0.4 is 4.74 Å². The van der Waals surface area contributed by atoms with E-state index in [-0.39, 0.29) is 12.4 Å². The molecule has 1 aromatic carbocycles. The quantitative estimate of drug-likeness (QED) is 0.860. The summed E-state index contributed by atoms with van der Waals surface area (Å²) in [5, 5.41) is 23.2. The van der Waals surface area contributed by atoms with Crippen LogP contribution in [0.4, 0.5) is 0 Å². The Bertz CT molecular complexity index is 564. The van der Waals surface area contributed by atoms with Crippen LogP contribution >= 0.6 is 0 Å². The fraction of sp³-hybridized carbons (Fsp3) is 0.357. The summed E-state index contributed by atoms with van der Waals surface area (Å²) < 4.78 is 7.07. The van der Waals surface area contributed by atoms with E-state index in [0.717, 1.165) is 23.4 Å². The van der Waals surface area contributed by atoms with Crippen molar-refractivity contribution < 1.29 is 14.9 Å². The van der Waals surface area contributed by atoms with Gasteiger partial charge in [-0.05, 0) is 18.6 Å². The first kappa shape index (κ1) is 13.4. The summed E-state index contributed by atoms with van der Waals surface area (Å²) in [6, 6.07) is 6.83. The van der Waals surface area contributed by atoms with Crippen molar-refractivity contribution in [3.63, 3.8) is 0 Å². The molecule has 0 unspecified atom stereocenters. The van der Waals surface area contributed by atoms with Crippen LogP contribution in [0.2, 0.25) is 0 Å². The van der Waals surface area contributed by atoms with Crippen LogP contribution in [-0.2, 0) is 12.8 Å². The predicted molar refractivity (Wildman–Crippen MR) is 71.9 cm³/mol. The van der Waals surface area contributed by atoms with Gasteiger partial charge in [-0.25, -0.2) is 4.68 Å². The highest BCUT2D eigenvalue weighted by molar-refractivity contribution is 5.44. The van der Waals surface area contributed by atoms with E-state index in [4.69, 9.17) is 9.84 Å². The van der Waals surface area contributed by atoms with Gasteiger partial charge in [0.15, 0.2) is 0 Å². The van der Waals surface area contributed by atoms with Crippen LogP contribution in [0.3, 0.4) is 0 Å². The third-order valence-electron chi connectivity index (χ3n) is 2.98. The van der Waals surface area contributed by atoms with Gasteiger partial charge in [-0.3, -0.25) is 0 Å². The predicted octanol–water partition coefficient (Wildman–Crippen LogP) is 1.68. The number of phenolic OH excluding ortho intramolecular Hbond substituents is 1. The maximum atomic E-state index is 9.55. The molecule has 0 spiro atoms. The molecule has 5 nitrogen and oxygen atoms in total. The molecule has 102 valence electrons. The molecule has 1 aromatic heterocycles. The SMILES string of the molecule is CCc1nn(-c2cccc(O)c2)c(OC)c1CCO. The van der Waals surface area contributed by atoms with Gasteiger partial charge in [-0.2, -0.15) is 5.10 Å². The maximum absolute atomic E-state index is 9.55. The number of rotatable bonds is 5. The van der Waals surface area contributed by atoms with E-state index in [1.54, 1.807) is 30.0 Å². The van der Waals surface area contributed by atoms with Crippen LogP contribution in [0.15, 0.2) is 24.3 Å². The number of aryl methyl sites for hydroxylation is 1. The van der Waals surface area contributed by atoms with Crippen molar-refractivity contribution in [1.29, 1.82) is 0 Å². The van der Waals surface area contributed by atoms with Gasteiger partial charge in [0.05, 0.1) is 18.5 Å². The van der Waals surface area contributed by atoms with Crippen molar-refractivity contribution in [2.24, 2.45) is 0 Å². The molecule has 2 N–H and O–H groups in total. The largest absolute Gasteiger partial charge is 0.508 e. The molecule has 0 saturated heterocycles. The summed E-state index contributed by atoms with van der Waals surface area (Å²) >= 11 is 0. The zero-order valence-electron chi connectivity index (χ0n) is 11.1. The first-order chi connectivity index (χ1) is 9.21. The van der Waals surface area contributed by atoms with E-state index in [9.17, 15) is 5.11 Å². The summed E-state index contributed by atoms with van der Waals surface area (Å²) in [6.45, 7) is 2.06. The van der Waals surface area contributed by atoms with Gasteiger partial charge in [-0.1, -0.05) is 13.0 Å². The number of ether oxygens (including phenoxy) is 1. The van der Waals surface area contributed by atoms with E-state index in [2.05, 4.69) is 5.10 Å². The first-order valence-electron chi connectivity index (χ1n) is 6.26. The molecule has 1 heterocycles. The first-order valence-corrected chi connectivity index (χ1v) is 6.26. The van der Waals surface area contributed by atoms with Crippen molar-refractivity contribution in [1.82, 2.24) is 9.78 Å². The Morgan fingerprint density at radius 1 is 1.37 bits per heavy atom. The van der Waals surface area contributed by atoms with E-state index in [1.165, 1.54) is 0 Å². The van der Waals surface area contributed by atoms with Crippen molar-refractivity contribution in [3.8, 4) is 17.3 Å². The number of hydrogen-bond donors (Lipinski definition) is 2. The molecule has 0 aliphatic rings. The van der Waals surface area contributed by atoms with Crippen LogP contribution in [-0.4, -0.2) is 33.7 Å². The number of phenols is 1. The highest BCUT2D eigenvalue weighted by Crippen LogP contribution is 2.28. The standard InChI is InChI=1S/C14H18N2O3/c1-3-13-12(7-8-17)14(19-2)16(15-13)10-5-4-6-11(18)9-10/h4-6,9,17-18H,3,7-8H2,1-2H3. The monoisotopic (exact) mass is 262 g/mol. The Kier molecular flexibility index (Phi) is 4.06. The van der Waals surface area contributed by atoms with Crippen molar-refractivity contribution in [3.05, 3.63) is 35.5 Å². The normalized spacial score (nSPS) is 10.7. The highest BCUT2D eigenvalue weighted by Gasteiger charge is 2.18. The molecule has 0 amide bonds. The minimum absolute atomic E-state index is 0.0507. The number of aliphatic hydroxyl groups is 1. The Balaban J connectivity index is 2.56. The van der Waals surface area contributed by atoms with E-state index < -0.39 is 0 Å². The number of aliphatic hydroxyl groups excluding tert-OH is 1. The lowest BCUT2D eigenvalue weighted by atomic mass is 10.1. The molecule has 0 fully saturated rings. The van der Waals surface area contributed by atoms with Crippen molar-refractivity contribution in [2.75, 3.05) is 13.7 Å². The Labute approximate surface area is 112 Å². The lowest BCUT2D eigenvalue weighted by Gasteiger charge is -2.08. The van der Waals surface area contributed by atoms with E-state index in [1.807, 2.05) is 13.0 Å². The average molecular weight is 262 g/mol. The number of nitrogens with zero attached hydrogens (tertiary/aromatic N) is 2. The molecule has 5 heteroatoms. The van der Waals surface area contributed by atoms with Crippen LogP contribution in [0.1, 0.15) is 18.2 Å². The summed E-state index contributed by atoms with van der Waals surface area (Å²) in [6.07, 6.45) is 1.27. The van der Waals surface area contributed by atoms with Gasteiger partial charge in [0.25, 0.3) is 0 Å². The fourth-order valence-electron chi connectivity index (χ4n) is 2.13. The van der Waals surface area contributed by atoms with Gasteiger partial charge in [-0.15, -0.1) is 0 Å². The fourth-order valence-corrected chi connectivity index (χ4v) is 2.13. The zero-order valence-corrected chi connectivity index (χ0v) is 11.1. The number of hydrogen-bond acceptors (Lipinski definition) is 4. The maximum Gasteiger partial charge on any atom is 0.220 e. The van der Waals surface area contributed by atoms with Gasteiger partial charge in [0.2, 0.25) is 5.88 Å². The molecular weight excluding hydrogens is 244 g/mol. The number of benzene rings is 1. The topological polar surface area (TPSA) is 67.5 Å². The lowest BCUT2D eigenvalue weighted by molar-refractivity contribution is 0.295. The minimum Gasteiger partial charge on any atom is -0.508 e. The molecular formula is C14H18N2O3. The molecule has 19 heavy (non-hydrogen) atoms. The molecule has 0 atom stereocenters. The van der Waals surface area contributed by atoms with Gasteiger partial charge in [0, 0.05) is 24.7 Å². The summed E-state index contributed by atoms with van der Waals surface area (Å²) in [5.74, 6) is 0.785. The zero-order chi connectivity index (χ0) is 13.8.